The van der Waals surface area contributed by atoms with E-state index in [-0.39, 0.29) is 0 Å². The van der Waals surface area contributed by atoms with Gasteiger partial charge >= 0.3 is 0 Å². The minimum absolute atomic E-state index is 0.596. The van der Waals surface area contributed by atoms with Crippen molar-refractivity contribution >= 4 is 17.0 Å². The molecule has 0 saturated carbocycles. The van der Waals surface area contributed by atoms with Crippen molar-refractivity contribution in [3.05, 3.63) is 53.7 Å². The number of ether oxygens (including phenoxy) is 1. The van der Waals surface area contributed by atoms with E-state index in [0.717, 1.165) is 28.2 Å². The normalized spacial score (nSPS) is 11.0. The van der Waals surface area contributed by atoms with Crippen LogP contribution in [0.3, 0.4) is 0 Å². The monoisotopic (exact) mass is 308 g/mol. The Balaban J connectivity index is 1.85. The Morgan fingerprint density at radius 2 is 1.95 bits per heavy atom. The Bertz CT molecular complexity index is 913. The zero-order valence-electron chi connectivity index (χ0n) is 11.8. The number of hydrogen-bond donors (Lipinski definition) is 0. The van der Waals surface area contributed by atoms with Crippen LogP contribution in [0.1, 0.15) is 0 Å². The number of rotatable bonds is 3. The summed E-state index contributed by atoms with van der Waals surface area (Å²) >= 11 is 1.66. The fraction of sp³-hybridized carbons (Fsp3) is 0.0625. The second-order valence-corrected chi connectivity index (χ2v) is 5.53. The van der Waals surface area contributed by atoms with Crippen molar-refractivity contribution in [3.63, 3.8) is 0 Å². The third kappa shape index (κ3) is 2.14. The average molecular weight is 308 g/mol. The minimum Gasteiger partial charge on any atom is -0.481 e. The first-order valence-electron chi connectivity index (χ1n) is 6.71. The highest BCUT2D eigenvalue weighted by Crippen LogP contribution is 2.25. The Labute approximate surface area is 130 Å². The van der Waals surface area contributed by atoms with Crippen molar-refractivity contribution in [2.24, 2.45) is 0 Å². The number of thiophene rings is 1. The molecule has 0 atom stereocenters. The van der Waals surface area contributed by atoms with Crippen molar-refractivity contribution in [2.75, 3.05) is 7.11 Å². The number of hydrogen-bond acceptors (Lipinski definition) is 5. The second-order valence-electron chi connectivity index (χ2n) is 4.75. The molecule has 0 aromatic carbocycles. The lowest BCUT2D eigenvalue weighted by molar-refractivity contribution is 0.398. The molecule has 0 saturated heterocycles. The van der Waals surface area contributed by atoms with Crippen LogP contribution < -0.4 is 4.74 Å². The first kappa shape index (κ1) is 13.0. The summed E-state index contributed by atoms with van der Waals surface area (Å²) in [5.74, 6) is 0.596. The molecule has 108 valence electrons. The summed E-state index contributed by atoms with van der Waals surface area (Å²) in [5, 5.41) is 4.13. The molecule has 0 aliphatic carbocycles. The van der Waals surface area contributed by atoms with Gasteiger partial charge in [-0.05, 0) is 17.5 Å². The lowest BCUT2D eigenvalue weighted by atomic mass is 10.2. The molecular weight excluding hydrogens is 296 g/mol. The Morgan fingerprint density at radius 3 is 2.68 bits per heavy atom. The molecule has 0 radical (unpaired) electrons. The minimum atomic E-state index is 0.596. The molecule has 4 aromatic heterocycles. The summed E-state index contributed by atoms with van der Waals surface area (Å²) in [4.78, 5) is 13.1. The lowest BCUT2D eigenvalue weighted by Crippen LogP contribution is -1.93. The highest BCUT2D eigenvalue weighted by atomic mass is 32.1. The number of aromatic nitrogens is 4. The van der Waals surface area contributed by atoms with Gasteiger partial charge in [-0.3, -0.25) is 9.38 Å². The quantitative estimate of drug-likeness (QED) is 0.581. The van der Waals surface area contributed by atoms with Crippen molar-refractivity contribution in [1.29, 1.82) is 0 Å². The fourth-order valence-electron chi connectivity index (χ4n) is 2.31. The van der Waals surface area contributed by atoms with Crippen LogP contribution in [0.25, 0.3) is 28.2 Å². The van der Waals surface area contributed by atoms with Gasteiger partial charge in [-0.2, -0.15) is 11.3 Å². The van der Waals surface area contributed by atoms with Gasteiger partial charge in [-0.15, -0.1) is 0 Å². The molecule has 4 heterocycles. The van der Waals surface area contributed by atoms with E-state index in [1.807, 2.05) is 34.3 Å². The smallest absolute Gasteiger partial charge is 0.212 e. The molecule has 0 aliphatic rings. The van der Waals surface area contributed by atoms with E-state index < -0.39 is 0 Å². The third-order valence-electron chi connectivity index (χ3n) is 3.45. The van der Waals surface area contributed by atoms with Gasteiger partial charge in [0.2, 0.25) is 5.88 Å². The topological polar surface area (TPSA) is 52.3 Å². The summed E-state index contributed by atoms with van der Waals surface area (Å²) in [6, 6.07) is 5.88. The molecule has 22 heavy (non-hydrogen) atoms. The SMILES string of the molecule is COc1ccc(-c2cnc3cnc(-c4ccsc4)cn23)cn1. The van der Waals surface area contributed by atoms with E-state index in [2.05, 4.69) is 26.4 Å². The van der Waals surface area contributed by atoms with Crippen LogP contribution in [0.15, 0.2) is 53.7 Å². The molecule has 0 amide bonds. The molecular formula is C16H12N4OS. The third-order valence-corrected chi connectivity index (χ3v) is 4.14. The predicted molar refractivity (Wildman–Crippen MR) is 86.1 cm³/mol. The van der Waals surface area contributed by atoms with Gasteiger partial charge in [0.1, 0.15) is 0 Å². The largest absolute Gasteiger partial charge is 0.481 e. The van der Waals surface area contributed by atoms with Crippen LogP contribution in [0.4, 0.5) is 0 Å². The molecule has 4 rings (SSSR count). The molecule has 0 spiro atoms. The van der Waals surface area contributed by atoms with Gasteiger partial charge in [0.15, 0.2) is 5.65 Å². The van der Waals surface area contributed by atoms with E-state index in [1.165, 1.54) is 0 Å². The number of nitrogens with zero attached hydrogens (tertiary/aromatic N) is 4. The van der Waals surface area contributed by atoms with E-state index in [4.69, 9.17) is 4.74 Å². The van der Waals surface area contributed by atoms with E-state index in [9.17, 15) is 0 Å². The molecule has 5 nitrogen and oxygen atoms in total. The zero-order chi connectivity index (χ0) is 14.9. The van der Waals surface area contributed by atoms with E-state index in [0.29, 0.717) is 5.88 Å². The summed E-state index contributed by atoms with van der Waals surface area (Å²) in [6.07, 6.45) is 7.41. The highest BCUT2D eigenvalue weighted by molar-refractivity contribution is 7.08. The maximum absolute atomic E-state index is 5.10. The van der Waals surface area contributed by atoms with Crippen molar-refractivity contribution in [1.82, 2.24) is 19.4 Å². The maximum Gasteiger partial charge on any atom is 0.212 e. The van der Waals surface area contributed by atoms with E-state index >= 15 is 0 Å². The lowest BCUT2D eigenvalue weighted by Gasteiger charge is -2.04. The maximum atomic E-state index is 5.10. The molecule has 0 bridgehead atoms. The van der Waals surface area contributed by atoms with Gasteiger partial charge in [-0.1, -0.05) is 0 Å². The standard InChI is InChI=1S/C16H12N4OS/c1-21-16-3-2-11(6-19-16)14-7-18-15-8-17-13(9-20(14)15)12-4-5-22-10-12/h2-10H,1H3. The van der Waals surface area contributed by atoms with Crippen LogP contribution in [-0.2, 0) is 0 Å². The number of pyridine rings is 1. The predicted octanol–water partition coefficient (Wildman–Crippen LogP) is 3.53. The summed E-state index contributed by atoms with van der Waals surface area (Å²) in [5.41, 5.74) is 4.80. The molecule has 6 heteroatoms. The Kier molecular flexibility index (Phi) is 3.08. The molecule has 0 aliphatic heterocycles. The first-order valence-corrected chi connectivity index (χ1v) is 7.65. The Morgan fingerprint density at radius 1 is 1.00 bits per heavy atom. The van der Waals surface area contributed by atoms with Crippen LogP contribution in [0.5, 0.6) is 5.88 Å². The summed E-state index contributed by atoms with van der Waals surface area (Å²) in [6.45, 7) is 0. The summed E-state index contributed by atoms with van der Waals surface area (Å²) in [7, 11) is 1.61. The van der Waals surface area contributed by atoms with Gasteiger partial charge in [-0.25, -0.2) is 9.97 Å². The van der Waals surface area contributed by atoms with Gasteiger partial charge in [0.05, 0.1) is 30.9 Å². The molecule has 4 aromatic rings. The fourth-order valence-corrected chi connectivity index (χ4v) is 2.96. The van der Waals surface area contributed by atoms with Crippen molar-refractivity contribution in [2.45, 2.75) is 0 Å². The summed E-state index contributed by atoms with van der Waals surface area (Å²) < 4.78 is 7.13. The molecule has 0 unspecified atom stereocenters. The van der Waals surface area contributed by atoms with Crippen molar-refractivity contribution in [3.8, 4) is 28.4 Å². The molecule has 0 fully saturated rings. The van der Waals surface area contributed by atoms with Crippen molar-refractivity contribution < 1.29 is 4.74 Å². The molecule has 0 N–H and O–H groups in total. The second kappa shape index (κ2) is 5.23. The van der Waals surface area contributed by atoms with E-state index in [1.54, 1.807) is 30.8 Å². The zero-order valence-corrected chi connectivity index (χ0v) is 12.6. The van der Waals surface area contributed by atoms with Crippen LogP contribution in [-0.4, -0.2) is 26.5 Å². The number of methoxy groups -OCH3 is 1. The average Bonchev–Trinajstić information content (AvgIpc) is 3.24. The van der Waals surface area contributed by atoms with Gasteiger partial charge in [0.25, 0.3) is 0 Å². The number of imidazole rings is 1. The van der Waals surface area contributed by atoms with Crippen LogP contribution >= 0.6 is 11.3 Å². The van der Waals surface area contributed by atoms with Gasteiger partial charge in [0, 0.05) is 35.0 Å². The van der Waals surface area contributed by atoms with Crippen LogP contribution in [0, 0.1) is 0 Å². The Hall–Kier alpha value is -2.73. The first-order chi connectivity index (χ1) is 10.8. The highest BCUT2D eigenvalue weighted by Gasteiger charge is 2.09. The van der Waals surface area contributed by atoms with Gasteiger partial charge < -0.3 is 4.74 Å². The van der Waals surface area contributed by atoms with Crippen LogP contribution in [0.2, 0.25) is 0 Å². The number of fused-ring (bicyclic) bond motifs is 1.